The van der Waals surface area contributed by atoms with Crippen LogP contribution in [0, 0.1) is 5.92 Å². The summed E-state index contributed by atoms with van der Waals surface area (Å²) in [5.74, 6) is -5.14. The number of hydrogen-bond donors (Lipinski definition) is 4. The van der Waals surface area contributed by atoms with Crippen molar-refractivity contribution in [2.45, 2.75) is 44.8 Å². The lowest BCUT2D eigenvalue weighted by Crippen LogP contribution is -2.55. The molecule has 0 aromatic heterocycles. The highest BCUT2D eigenvalue weighted by atomic mass is 19.1. The Morgan fingerprint density at radius 3 is 2.25 bits per heavy atom. The maximum atomic E-state index is 12.6. The first-order valence-corrected chi connectivity index (χ1v) is 9.91. The summed E-state index contributed by atoms with van der Waals surface area (Å²) in [5.41, 5.74) is 6.65. The van der Waals surface area contributed by atoms with Crippen molar-refractivity contribution in [3.8, 4) is 0 Å². The van der Waals surface area contributed by atoms with Crippen LogP contribution >= 0.6 is 0 Å². The van der Waals surface area contributed by atoms with E-state index in [9.17, 15) is 28.4 Å². The zero-order chi connectivity index (χ0) is 24.3. The number of esters is 1. The van der Waals surface area contributed by atoms with Gasteiger partial charge in [0.2, 0.25) is 11.8 Å². The van der Waals surface area contributed by atoms with Crippen LogP contribution in [-0.2, 0) is 35.1 Å². The number of alkyl halides is 1. The number of amides is 2. The summed E-state index contributed by atoms with van der Waals surface area (Å²) in [6.07, 6.45) is -0.721. The van der Waals surface area contributed by atoms with Crippen LogP contribution in [0.3, 0.4) is 0 Å². The Morgan fingerprint density at radius 1 is 1.06 bits per heavy atom. The number of ether oxygens (including phenoxy) is 1. The van der Waals surface area contributed by atoms with Gasteiger partial charge in [0.05, 0.1) is 25.5 Å². The third-order valence-electron chi connectivity index (χ3n) is 4.58. The van der Waals surface area contributed by atoms with E-state index < -0.39 is 66.7 Å². The lowest BCUT2D eigenvalue weighted by atomic mass is 10.0. The lowest BCUT2D eigenvalue weighted by molar-refractivity contribution is -0.145. The first kappa shape index (κ1) is 26.7. The van der Waals surface area contributed by atoms with Gasteiger partial charge in [-0.3, -0.25) is 24.0 Å². The van der Waals surface area contributed by atoms with E-state index in [1.54, 1.807) is 31.2 Å². The number of halogens is 1. The number of Topliss-reactive ketones (excluding diaryl/α,β-unsaturated/α-hetero) is 1. The molecule has 0 radical (unpaired) electrons. The van der Waals surface area contributed by atoms with Crippen LogP contribution in [0.5, 0.6) is 0 Å². The standard InChI is InChI=1S/C21H28FN3O7/c1-12(11-32-18(29)8-14-6-4-3-5-7-14)19(23)21(31)24-13(2)20(30)25-15(9-17(27)28)16(26)10-22/h3-7,12-13,15,19H,8-11,23H2,1-2H3,(H,24,31)(H,25,30)(H,27,28). The lowest BCUT2D eigenvalue weighted by Gasteiger charge is -2.23. The molecule has 11 heteroatoms. The summed E-state index contributed by atoms with van der Waals surface area (Å²) in [6.45, 7) is 1.33. The third kappa shape index (κ3) is 9.21. The van der Waals surface area contributed by atoms with Crippen molar-refractivity contribution >= 4 is 29.5 Å². The van der Waals surface area contributed by atoms with E-state index in [1.807, 2.05) is 6.07 Å². The Labute approximate surface area is 184 Å². The molecule has 4 unspecified atom stereocenters. The Bertz CT molecular complexity index is 819. The molecular formula is C21H28FN3O7. The van der Waals surface area contributed by atoms with Gasteiger partial charge in [-0.25, -0.2) is 4.39 Å². The normalized spacial score (nSPS) is 14.4. The number of ketones is 1. The van der Waals surface area contributed by atoms with Crippen LogP contribution in [0.4, 0.5) is 4.39 Å². The zero-order valence-electron chi connectivity index (χ0n) is 17.9. The van der Waals surface area contributed by atoms with Gasteiger partial charge in [-0.05, 0) is 12.5 Å². The van der Waals surface area contributed by atoms with Crippen LogP contribution in [-0.4, -0.2) is 66.0 Å². The fourth-order valence-corrected chi connectivity index (χ4v) is 2.59. The minimum atomic E-state index is -1.55. The molecule has 0 aliphatic carbocycles. The van der Waals surface area contributed by atoms with Gasteiger partial charge in [0, 0.05) is 5.92 Å². The van der Waals surface area contributed by atoms with E-state index in [0.717, 1.165) is 5.56 Å². The summed E-state index contributed by atoms with van der Waals surface area (Å²) in [4.78, 5) is 58.7. The van der Waals surface area contributed by atoms with Gasteiger partial charge in [0.1, 0.15) is 18.8 Å². The number of carbonyl (C=O) groups excluding carboxylic acids is 4. The van der Waals surface area contributed by atoms with Crippen molar-refractivity contribution < 1.29 is 38.2 Å². The van der Waals surface area contributed by atoms with E-state index in [2.05, 4.69) is 10.6 Å². The second kappa shape index (κ2) is 13.2. The second-order valence-electron chi connectivity index (χ2n) is 7.34. The molecule has 0 fully saturated rings. The third-order valence-corrected chi connectivity index (χ3v) is 4.58. The zero-order valence-corrected chi connectivity index (χ0v) is 17.9. The molecule has 0 heterocycles. The largest absolute Gasteiger partial charge is 0.481 e. The number of benzene rings is 1. The van der Waals surface area contributed by atoms with Crippen LogP contribution in [0.15, 0.2) is 30.3 Å². The van der Waals surface area contributed by atoms with E-state index in [1.165, 1.54) is 6.92 Å². The summed E-state index contributed by atoms with van der Waals surface area (Å²) in [7, 11) is 0. The minimum absolute atomic E-state index is 0.0707. The quantitative estimate of drug-likeness (QED) is 0.297. The fraction of sp³-hybridized carbons (Fsp3) is 0.476. The summed E-state index contributed by atoms with van der Waals surface area (Å²) in [6, 6.07) is 5.11. The van der Waals surface area contributed by atoms with Crippen molar-refractivity contribution in [1.82, 2.24) is 10.6 Å². The average Bonchev–Trinajstić information content (AvgIpc) is 2.75. The van der Waals surface area contributed by atoms with Crippen LogP contribution < -0.4 is 16.4 Å². The monoisotopic (exact) mass is 453 g/mol. The fourth-order valence-electron chi connectivity index (χ4n) is 2.59. The Kier molecular flexibility index (Phi) is 11.0. The molecule has 0 saturated carbocycles. The highest BCUT2D eigenvalue weighted by Gasteiger charge is 2.28. The first-order valence-electron chi connectivity index (χ1n) is 9.91. The van der Waals surface area contributed by atoms with Crippen molar-refractivity contribution in [1.29, 1.82) is 0 Å². The van der Waals surface area contributed by atoms with Crippen molar-refractivity contribution in [2.75, 3.05) is 13.3 Å². The maximum Gasteiger partial charge on any atom is 0.310 e. The predicted molar refractivity (Wildman–Crippen MR) is 111 cm³/mol. The molecule has 10 nitrogen and oxygen atoms in total. The van der Waals surface area contributed by atoms with Crippen molar-refractivity contribution in [2.24, 2.45) is 11.7 Å². The number of carbonyl (C=O) groups is 5. The number of carboxylic acid groups (broad SMARTS) is 1. The molecule has 0 saturated heterocycles. The number of carboxylic acids is 1. The smallest absolute Gasteiger partial charge is 0.310 e. The molecule has 1 rings (SSSR count). The molecule has 1 aromatic carbocycles. The van der Waals surface area contributed by atoms with Gasteiger partial charge in [-0.15, -0.1) is 0 Å². The number of rotatable bonds is 13. The Balaban J connectivity index is 2.52. The average molecular weight is 453 g/mol. The SMILES string of the molecule is CC(NC(=O)C(N)C(C)COC(=O)Cc1ccccc1)C(=O)NC(CC(=O)O)C(=O)CF. The number of nitrogens with two attached hydrogens (primary N) is 1. The summed E-state index contributed by atoms with van der Waals surface area (Å²) >= 11 is 0. The number of nitrogens with one attached hydrogen (secondary N) is 2. The predicted octanol–water partition coefficient (Wildman–Crippen LogP) is -0.261. The molecule has 176 valence electrons. The van der Waals surface area contributed by atoms with Crippen molar-refractivity contribution in [3.05, 3.63) is 35.9 Å². The minimum Gasteiger partial charge on any atom is -0.481 e. The summed E-state index contributed by atoms with van der Waals surface area (Å²) < 4.78 is 17.7. The molecule has 4 atom stereocenters. The van der Waals surface area contributed by atoms with Gasteiger partial charge in [-0.1, -0.05) is 37.3 Å². The molecule has 5 N–H and O–H groups in total. The van der Waals surface area contributed by atoms with E-state index in [-0.39, 0.29) is 13.0 Å². The van der Waals surface area contributed by atoms with Gasteiger partial charge in [-0.2, -0.15) is 0 Å². The highest BCUT2D eigenvalue weighted by Crippen LogP contribution is 2.06. The van der Waals surface area contributed by atoms with Crippen LogP contribution in [0.25, 0.3) is 0 Å². The number of hydrogen-bond acceptors (Lipinski definition) is 7. The molecule has 2 amide bonds. The summed E-state index contributed by atoms with van der Waals surface area (Å²) in [5, 5.41) is 13.2. The van der Waals surface area contributed by atoms with E-state index in [4.69, 9.17) is 15.6 Å². The molecule has 0 bridgehead atoms. The number of aliphatic carboxylic acids is 1. The Hall–Kier alpha value is -3.34. The van der Waals surface area contributed by atoms with Gasteiger partial charge >= 0.3 is 11.9 Å². The highest BCUT2D eigenvalue weighted by molar-refractivity contribution is 5.95. The topological polar surface area (TPSA) is 165 Å². The van der Waals surface area contributed by atoms with Gasteiger partial charge in [0.15, 0.2) is 5.78 Å². The molecule has 1 aromatic rings. The van der Waals surface area contributed by atoms with Crippen LogP contribution in [0.1, 0.15) is 25.8 Å². The van der Waals surface area contributed by atoms with Gasteiger partial charge in [0.25, 0.3) is 0 Å². The van der Waals surface area contributed by atoms with Crippen molar-refractivity contribution in [3.63, 3.8) is 0 Å². The Morgan fingerprint density at radius 2 is 1.69 bits per heavy atom. The maximum absolute atomic E-state index is 12.6. The van der Waals surface area contributed by atoms with Crippen LogP contribution in [0.2, 0.25) is 0 Å². The molecule has 0 aliphatic heterocycles. The molecule has 0 spiro atoms. The van der Waals surface area contributed by atoms with E-state index in [0.29, 0.717) is 0 Å². The molecule has 32 heavy (non-hydrogen) atoms. The second-order valence-corrected chi connectivity index (χ2v) is 7.34. The molecule has 0 aliphatic rings. The van der Waals surface area contributed by atoms with E-state index >= 15 is 0 Å². The van der Waals surface area contributed by atoms with Gasteiger partial charge < -0.3 is 26.2 Å². The molecular weight excluding hydrogens is 425 g/mol. The first-order chi connectivity index (χ1) is 15.0.